The molecule has 0 aliphatic carbocycles. The molecule has 0 aliphatic heterocycles. The zero-order valence-electron chi connectivity index (χ0n) is 7.27. The molecule has 0 saturated heterocycles. The van der Waals surface area contributed by atoms with Crippen molar-refractivity contribution in [1.82, 2.24) is 0 Å². The van der Waals surface area contributed by atoms with Crippen molar-refractivity contribution in [1.29, 1.82) is 0 Å². The van der Waals surface area contributed by atoms with E-state index in [1.54, 1.807) is 0 Å². The van der Waals surface area contributed by atoms with Crippen LogP contribution in [0.4, 0.5) is 5.69 Å². The fourth-order valence-corrected chi connectivity index (χ4v) is 1.11. The lowest BCUT2D eigenvalue weighted by molar-refractivity contribution is -0.786. The van der Waals surface area contributed by atoms with Gasteiger partial charge in [0.1, 0.15) is 5.69 Å². The zero-order chi connectivity index (χ0) is 8.27. The van der Waals surface area contributed by atoms with Gasteiger partial charge in [-0.15, -0.1) is 11.6 Å². The number of nitrogens with one attached hydrogen (secondary N) is 1. The maximum Gasteiger partial charge on any atom is 0.130 e. The zero-order valence-corrected chi connectivity index (χ0v) is 10.2. The third-order valence-electron chi connectivity index (χ3n) is 1.69. The monoisotopic (exact) mass is 297 g/mol. The Morgan fingerprint density at radius 2 is 1.67 bits per heavy atom. The van der Waals surface area contributed by atoms with Gasteiger partial charge in [0.2, 0.25) is 0 Å². The number of benzene rings is 1. The molecule has 1 N–H and O–H groups in total. The van der Waals surface area contributed by atoms with Crippen molar-refractivity contribution in [2.75, 3.05) is 14.1 Å². The Labute approximate surface area is 95.7 Å². The summed E-state index contributed by atoms with van der Waals surface area (Å²) in [4.78, 5) is 1.34. The molecule has 0 aromatic heterocycles. The third-order valence-corrected chi connectivity index (χ3v) is 1.99. The predicted octanol–water partition coefficient (Wildman–Crippen LogP) is -1.79. The second kappa shape index (κ2) is 5.78. The van der Waals surface area contributed by atoms with Gasteiger partial charge in [0.15, 0.2) is 0 Å². The van der Waals surface area contributed by atoms with Crippen molar-refractivity contribution < 1.29 is 28.9 Å². The first-order valence-electron chi connectivity index (χ1n) is 3.69. The Balaban J connectivity index is 0.00000121. The summed E-state index contributed by atoms with van der Waals surface area (Å²) in [6.45, 7) is 0. The van der Waals surface area contributed by atoms with Crippen molar-refractivity contribution in [3.8, 4) is 0 Å². The summed E-state index contributed by atoms with van der Waals surface area (Å²) in [5, 5.41) is 0. The number of hydrogen-bond acceptors (Lipinski definition) is 0. The van der Waals surface area contributed by atoms with Crippen LogP contribution in [0.15, 0.2) is 24.3 Å². The molecule has 0 bridgehead atoms. The molecule has 0 aliphatic rings. The van der Waals surface area contributed by atoms with Crippen LogP contribution in [0.2, 0.25) is 0 Å². The molecule has 0 fully saturated rings. The summed E-state index contributed by atoms with van der Waals surface area (Å²) >= 11 is 5.65. The summed E-state index contributed by atoms with van der Waals surface area (Å²) in [6.07, 6.45) is 0. The maximum atomic E-state index is 5.65. The van der Waals surface area contributed by atoms with Gasteiger partial charge in [0.25, 0.3) is 0 Å². The van der Waals surface area contributed by atoms with E-state index in [-0.39, 0.29) is 24.0 Å². The molecule has 0 unspecified atom stereocenters. The Kier molecular flexibility index (Phi) is 5.88. The summed E-state index contributed by atoms with van der Waals surface area (Å²) < 4.78 is 0. The second-order valence-corrected chi connectivity index (χ2v) is 3.10. The van der Waals surface area contributed by atoms with Crippen LogP contribution in [0.5, 0.6) is 0 Å². The van der Waals surface area contributed by atoms with Gasteiger partial charge in [-0.05, 0) is 17.7 Å². The fourth-order valence-electron chi connectivity index (χ4n) is 0.927. The topological polar surface area (TPSA) is 4.44 Å². The highest BCUT2D eigenvalue weighted by Gasteiger charge is 1.98. The SMILES string of the molecule is C[NH+](C)c1ccc(CCl)cc1.[I-]. The lowest BCUT2D eigenvalue weighted by Crippen LogP contribution is -3.00. The van der Waals surface area contributed by atoms with Gasteiger partial charge in [-0.3, -0.25) is 0 Å². The average Bonchev–Trinajstić information content (AvgIpc) is 2.05. The van der Waals surface area contributed by atoms with E-state index in [2.05, 4.69) is 38.4 Å². The van der Waals surface area contributed by atoms with Crippen molar-refractivity contribution in [3.63, 3.8) is 0 Å². The molecule has 1 rings (SSSR count). The van der Waals surface area contributed by atoms with Crippen LogP contribution in [-0.2, 0) is 5.88 Å². The molecule has 1 aromatic rings. The van der Waals surface area contributed by atoms with E-state index >= 15 is 0 Å². The Bertz CT molecular complexity index is 220. The Morgan fingerprint density at radius 3 is 2.00 bits per heavy atom. The van der Waals surface area contributed by atoms with Crippen molar-refractivity contribution in [3.05, 3.63) is 29.8 Å². The lowest BCUT2D eigenvalue weighted by Gasteiger charge is -2.05. The average molecular weight is 298 g/mol. The van der Waals surface area contributed by atoms with Gasteiger partial charge in [0, 0.05) is 5.88 Å². The smallest absolute Gasteiger partial charge is 0.130 e. The molecule has 0 radical (unpaired) electrons. The lowest BCUT2D eigenvalue weighted by atomic mass is 10.2. The van der Waals surface area contributed by atoms with E-state index in [1.165, 1.54) is 16.2 Å². The highest BCUT2D eigenvalue weighted by atomic mass is 127. The molecule has 0 spiro atoms. The second-order valence-electron chi connectivity index (χ2n) is 2.83. The van der Waals surface area contributed by atoms with Gasteiger partial charge in [0.05, 0.1) is 14.1 Å². The summed E-state index contributed by atoms with van der Waals surface area (Å²) in [6, 6.07) is 8.34. The van der Waals surface area contributed by atoms with Crippen molar-refractivity contribution in [2.24, 2.45) is 0 Å². The van der Waals surface area contributed by atoms with Crippen molar-refractivity contribution in [2.45, 2.75) is 5.88 Å². The molecule has 1 nitrogen and oxygen atoms in total. The first-order valence-corrected chi connectivity index (χ1v) is 4.23. The highest BCUT2D eigenvalue weighted by Crippen LogP contribution is 2.06. The van der Waals surface area contributed by atoms with Crippen LogP contribution in [-0.4, -0.2) is 14.1 Å². The quantitative estimate of drug-likeness (QED) is 0.486. The number of hydrogen-bond donors (Lipinski definition) is 1. The molecule has 0 amide bonds. The van der Waals surface area contributed by atoms with Crippen LogP contribution in [0.25, 0.3) is 0 Å². The fraction of sp³-hybridized carbons (Fsp3) is 0.333. The standard InChI is InChI=1S/C9H12ClN.HI/c1-11(2)9-5-3-8(7-10)4-6-9;/h3-6H,7H2,1-2H3;1H. The van der Waals surface area contributed by atoms with Crippen LogP contribution >= 0.6 is 11.6 Å². The predicted molar refractivity (Wildman–Crippen MR) is 48.5 cm³/mol. The molecule has 3 heteroatoms. The van der Waals surface area contributed by atoms with Gasteiger partial charge < -0.3 is 28.9 Å². The van der Waals surface area contributed by atoms with Gasteiger partial charge >= 0.3 is 0 Å². The van der Waals surface area contributed by atoms with E-state index in [4.69, 9.17) is 11.6 Å². The molecule has 0 saturated carbocycles. The van der Waals surface area contributed by atoms with E-state index in [0.717, 1.165) is 0 Å². The van der Waals surface area contributed by atoms with E-state index in [0.29, 0.717) is 5.88 Å². The van der Waals surface area contributed by atoms with Gasteiger partial charge in [-0.1, -0.05) is 12.1 Å². The normalized spacial score (nSPS) is 9.67. The highest BCUT2D eigenvalue weighted by molar-refractivity contribution is 6.17. The molecule has 12 heavy (non-hydrogen) atoms. The van der Waals surface area contributed by atoms with E-state index < -0.39 is 0 Å². The van der Waals surface area contributed by atoms with Crippen LogP contribution in [0.3, 0.4) is 0 Å². The summed E-state index contributed by atoms with van der Waals surface area (Å²) in [7, 11) is 4.21. The first kappa shape index (κ1) is 12.2. The minimum Gasteiger partial charge on any atom is -1.00 e. The summed E-state index contributed by atoms with van der Waals surface area (Å²) in [5.74, 6) is 0.600. The van der Waals surface area contributed by atoms with E-state index in [1.807, 2.05) is 0 Å². The van der Waals surface area contributed by atoms with Crippen LogP contribution < -0.4 is 28.9 Å². The number of quaternary nitrogens is 1. The van der Waals surface area contributed by atoms with Crippen LogP contribution in [0.1, 0.15) is 5.56 Å². The third kappa shape index (κ3) is 3.29. The number of rotatable bonds is 2. The Morgan fingerprint density at radius 1 is 1.17 bits per heavy atom. The molecule has 68 valence electrons. The van der Waals surface area contributed by atoms with Gasteiger partial charge in [-0.25, -0.2) is 0 Å². The molecule has 0 heterocycles. The number of halogens is 2. The van der Waals surface area contributed by atoms with Crippen molar-refractivity contribution >= 4 is 17.3 Å². The molecular formula is C9H13ClIN. The Hall–Kier alpha value is 0.200. The first-order chi connectivity index (χ1) is 5.24. The minimum absolute atomic E-state index is 0. The molecule has 1 aromatic carbocycles. The minimum atomic E-state index is 0. The molecular weight excluding hydrogens is 284 g/mol. The largest absolute Gasteiger partial charge is 1.00 e. The maximum absolute atomic E-state index is 5.65. The van der Waals surface area contributed by atoms with Gasteiger partial charge in [-0.2, -0.15) is 0 Å². The van der Waals surface area contributed by atoms with Crippen LogP contribution in [0, 0.1) is 0 Å². The summed E-state index contributed by atoms with van der Waals surface area (Å²) in [5.41, 5.74) is 2.47. The molecule has 0 atom stereocenters. The van der Waals surface area contributed by atoms with E-state index in [9.17, 15) is 0 Å². The number of alkyl halides is 1.